The van der Waals surface area contributed by atoms with Gasteiger partial charge >= 0.3 is 0 Å². The van der Waals surface area contributed by atoms with Gasteiger partial charge in [-0.2, -0.15) is 0 Å². The molecule has 1 atom stereocenters. The maximum Gasteiger partial charge on any atom is 0.0636 e. The lowest BCUT2D eigenvalue weighted by molar-refractivity contribution is 0.600. The molecule has 0 bridgehead atoms. The number of rotatable bonds is 9. The van der Waals surface area contributed by atoms with E-state index in [1.54, 1.807) is 0 Å². The van der Waals surface area contributed by atoms with E-state index in [1.165, 1.54) is 56.1 Å². The van der Waals surface area contributed by atoms with E-state index in [0.717, 1.165) is 5.56 Å². The average Bonchev–Trinajstić information content (AvgIpc) is 2.59. The van der Waals surface area contributed by atoms with Crippen LogP contribution in [-0.4, -0.2) is 0 Å². The van der Waals surface area contributed by atoms with Crippen LogP contribution in [0.15, 0.2) is 54.6 Å². The van der Waals surface area contributed by atoms with Gasteiger partial charge in [0.05, 0.1) is 5.54 Å². The Morgan fingerprint density at radius 3 is 1.96 bits per heavy atom. The predicted octanol–water partition coefficient (Wildman–Crippen LogP) is 5.81. The van der Waals surface area contributed by atoms with Crippen molar-refractivity contribution in [3.05, 3.63) is 71.3 Å². The Morgan fingerprint density at radius 1 is 0.739 bits per heavy atom. The normalized spacial score (nSPS) is 13.7. The van der Waals surface area contributed by atoms with Crippen LogP contribution < -0.4 is 5.73 Å². The highest BCUT2D eigenvalue weighted by Gasteiger charge is 2.22. The fourth-order valence-corrected chi connectivity index (χ4v) is 3.08. The van der Waals surface area contributed by atoms with E-state index in [-0.39, 0.29) is 0 Å². The van der Waals surface area contributed by atoms with E-state index < -0.39 is 5.54 Å². The van der Waals surface area contributed by atoms with Gasteiger partial charge in [-0.05, 0) is 36.5 Å². The number of nitrogens with two attached hydrogens (primary N) is 1. The van der Waals surface area contributed by atoms with Crippen LogP contribution in [0.25, 0.3) is 0 Å². The third-order valence-electron chi connectivity index (χ3n) is 4.75. The largest absolute Gasteiger partial charge is 0.318 e. The zero-order chi connectivity index (χ0) is 16.5. The first-order chi connectivity index (χ1) is 11.1. The summed E-state index contributed by atoms with van der Waals surface area (Å²) in [4.78, 5) is 0. The molecule has 0 radical (unpaired) electrons. The second-order valence-corrected chi connectivity index (χ2v) is 6.78. The summed E-state index contributed by atoms with van der Waals surface area (Å²) < 4.78 is 0. The fraction of sp³-hybridized carbons (Fsp3) is 0.455. The van der Waals surface area contributed by atoms with Crippen LogP contribution in [0.5, 0.6) is 0 Å². The Bertz CT molecular complexity index is 554. The number of benzene rings is 2. The van der Waals surface area contributed by atoms with Crippen LogP contribution in [0.1, 0.15) is 69.1 Å². The van der Waals surface area contributed by atoms with Crippen molar-refractivity contribution in [2.75, 3.05) is 0 Å². The van der Waals surface area contributed by atoms with Gasteiger partial charge in [0.2, 0.25) is 0 Å². The van der Waals surface area contributed by atoms with Crippen molar-refractivity contribution >= 4 is 0 Å². The molecule has 0 aromatic heterocycles. The van der Waals surface area contributed by atoms with Gasteiger partial charge in [-0.25, -0.2) is 0 Å². The molecule has 2 aromatic carbocycles. The highest BCUT2D eigenvalue weighted by molar-refractivity contribution is 5.38. The lowest BCUT2D eigenvalue weighted by Gasteiger charge is -2.26. The molecule has 0 spiro atoms. The monoisotopic (exact) mass is 309 g/mol. The first-order valence-corrected chi connectivity index (χ1v) is 9.08. The lowest BCUT2D eigenvalue weighted by Crippen LogP contribution is -2.34. The van der Waals surface area contributed by atoms with Gasteiger partial charge in [0.15, 0.2) is 0 Å². The topological polar surface area (TPSA) is 26.0 Å². The minimum absolute atomic E-state index is 0.431. The molecule has 0 heterocycles. The molecule has 0 fully saturated rings. The van der Waals surface area contributed by atoms with Crippen LogP contribution in [-0.2, 0) is 12.0 Å². The molecule has 2 aromatic rings. The van der Waals surface area contributed by atoms with Crippen molar-refractivity contribution in [1.29, 1.82) is 0 Å². The molecular formula is C22H31N. The first-order valence-electron chi connectivity index (χ1n) is 9.08. The Balaban J connectivity index is 1.89. The summed E-state index contributed by atoms with van der Waals surface area (Å²) in [6.45, 7) is 4.35. The Morgan fingerprint density at radius 2 is 1.30 bits per heavy atom. The van der Waals surface area contributed by atoms with Crippen LogP contribution in [0.4, 0.5) is 0 Å². The van der Waals surface area contributed by atoms with Crippen molar-refractivity contribution in [2.45, 2.75) is 64.3 Å². The van der Waals surface area contributed by atoms with Gasteiger partial charge in [0.25, 0.3) is 0 Å². The summed E-state index contributed by atoms with van der Waals surface area (Å²) in [6, 6.07) is 19.2. The van der Waals surface area contributed by atoms with Crippen LogP contribution in [0.2, 0.25) is 0 Å². The van der Waals surface area contributed by atoms with Crippen molar-refractivity contribution in [1.82, 2.24) is 0 Å². The van der Waals surface area contributed by atoms with Crippen molar-refractivity contribution in [2.24, 2.45) is 5.73 Å². The third-order valence-corrected chi connectivity index (χ3v) is 4.75. The van der Waals surface area contributed by atoms with E-state index in [2.05, 4.69) is 50.2 Å². The Kier molecular flexibility index (Phi) is 6.85. The maximum absolute atomic E-state index is 6.58. The first kappa shape index (κ1) is 17.7. The zero-order valence-corrected chi connectivity index (χ0v) is 14.7. The highest BCUT2D eigenvalue weighted by atomic mass is 14.7. The molecule has 1 unspecified atom stereocenters. The molecular weight excluding hydrogens is 278 g/mol. The molecule has 2 N–H and O–H groups in total. The molecule has 0 aliphatic rings. The Labute approximate surface area is 141 Å². The number of unbranched alkanes of at least 4 members (excludes halogenated alkanes) is 5. The molecule has 0 saturated heterocycles. The second-order valence-electron chi connectivity index (χ2n) is 6.78. The number of hydrogen-bond acceptors (Lipinski definition) is 1. The average molecular weight is 309 g/mol. The predicted molar refractivity (Wildman–Crippen MR) is 101 cm³/mol. The van der Waals surface area contributed by atoms with Gasteiger partial charge < -0.3 is 5.73 Å². The molecule has 124 valence electrons. The maximum atomic E-state index is 6.58. The van der Waals surface area contributed by atoms with Gasteiger partial charge in [-0.15, -0.1) is 0 Å². The number of aryl methyl sites for hydroxylation is 1. The van der Waals surface area contributed by atoms with E-state index in [0.29, 0.717) is 0 Å². The van der Waals surface area contributed by atoms with Gasteiger partial charge in [0, 0.05) is 0 Å². The Hall–Kier alpha value is -1.60. The molecule has 1 heteroatoms. The van der Waals surface area contributed by atoms with E-state index in [1.807, 2.05) is 18.2 Å². The summed E-state index contributed by atoms with van der Waals surface area (Å²) in [5.41, 5.74) is 9.90. The molecule has 0 amide bonds. The summed E-state index contributed by atoms with van der Waals surface area (Å²) in [5.74, 6) is 0. The summed E-state index contributed by atoms with van der Waals surface area (Å²) in [6.07, 6.45) is 9.28. The van der Waals surface area contributed by atoms with Crippen molar-refractivity contribution in [3.8, 4) is 0 Å². The van der Waals surface area contributed by atoms with E-state index in [4.69, 9.17) is 5.73 Å². The molecule has 0 aliphatic heterocycles. The van der Waals surface area contributed by atoms with Crippen molar-refractivity contribution < 1.29 is 0 Å². The summed E-state index contributed by atoms with van der Waals surface area (Å²) in [5, 5.41) is 0. The highest BCUT2D eigenvalue weighted by Crippen LogP contribution is 2.26. The van der Waals surface area contributed by atoms with Crippen LogP contribution in [0, 0.1) is 0 Å². The van der Waals surface area contributed by atoms with Crippen LogP contribution >= 0.6 is 0 Å². The quantitative estimate of drug-likeness (QED) is 0.581. The minimum Gasteiger partial charge on any atom is -0.318 e. The fourth-order valence-electron chi connectivity index (χ4n) is 3.08. The minimum atomic E-state index is -0.431. The second kappa shape index (κ2) is 8.88. The van der Waals surface area contributed by atoms with Gasteiger partial charge in [0.1, 0.15) is 0 Å². The summed E-state index contributed by atoms with van der Waals surface area (Å²) in [7, 11) is 0. The molecule has 0 saturated carbocycles. The molecule has 23 heavy (non-hydrogen) atoms. The molecule has 2 rings (SSSR count). The number of hydrogen-bond donors (Lipinski definition) is 1. The van der Waals surface area contributed by atoms with Gasteiger partial charge in [-0.3, -0.25) is 0 Å². The summed E-state index contributed by atoms with van der Waals surface area (Å²) >= 11 is 0. The SMILES string of the molecule is CCCCCCCCc1ccc(C(C)(N)c2ccccc2)cc1. The van der Waals surface area contributed by atoms with E-state index in [9.17, 15) is 0 Å². The third kappa shape index (κ3) is 5.21. The standard InChI is InChI=1S/C22H31N/c1-3-4-5-6-7-9-12-19-15-17-21(18-16-19)22(2,23)20-13-10-8-11-14-20/h8,10-11,13-18H,3-7,9,12,23H2,1-2H3. The van der Waals surface area contributed by atoms with Crippen LogP contribution in [0.3, 0.4) is 0 Å². The smallest absolute Gasteiger partial charge is 0.0636 e. The van der Waals surface area contributed by atoms with Crippen molar-refractivity contribution in [3.63, 3.8) is 0 Å². The molecule has 0 aliphatic carbocycles. The van der Waals surface area contributed by atoms with E-state index >= 15 is 0 Å². The molecule has 1 nitrogen and oxygen atoms in total. The lowest BCUT2D eigenvalue weighted by atomic mass is 9.85. The van der Waals surface area contributed by atoms with Gasteiger partial charge in [-0.1, -0.05) is 93.6 Å². The zero-order valence-electron chi connectivity index (χ0n) is 14.7.